The van der Waals surface area contributed by atoms with Crippen molar-refractivity contribution < 1.29 is 0 Å². The lowest BCUT2D eigenvalue weighted by molar-refractivity contribution is 0.240. The Labute approximate surface area is 153 Å². The average Bonchev–Trinajstić information content (AvgIpc) is 3.27. The lowest BCUT2D eigenvalue weighted by atomic mass is 10.2. The van der Waals surface area contributed by atoms with Crippen LogP contribution >= 0.6 is 11.6 Å². The molecule has 1 N–H and O–H groups in total. The summed E-state index contributed by atoms with van der Waals surface area (Å²) in [4.78, 5) is 10.8. The molecule has 0 spiro atoms. The number of nitrogens with one attached hydrogen (secondary N) is 1. The molecule has 0 amide bonds. The van der Waals surface area contributed by atoms with E-state index in [0.717, 1.165) is 60.1 Å². The SMILES string of the molecule is CCCn1cc(CN2CCCC2c2nc3ccc(Cl)cc3[nH]2)c(C)n1. The van der Waals surface area contributed by atoms with Gasteiger partial charge in [-0.05, 0) is 50.9 Å². The molecule has 4 rings (SSSR count). The summed E-state index contributed by atoms with van der Waals surface area (Å²) in [6.07, 6.45) is 5.64. The molecule has 3 heterocycles. The molecule has 1 fully saturated rings. The molecule has 1 aliphatic heterocycles. The van der Waals surface area contributed by atoms with Gasteiger partial charge in [-0.15, -0.1) is 0 Å². The Balaban J connectivity index is 1.57. The zero-order valence-corrected chi connectivity index (χ0v) is 15.6. The number of nitrogens with zero attached hydrogens (tertiary/aromatic N) is 4. The Kier molecular flexibility index (Phi) is 4.52. The molecule has 5 nitrogen and oxygen atoms in total. The van der Waals surface area contributed by atoms with E-state index in [1.807, 2.05) is 18.2 Å². The van der Waals surface area contributed by atoms with Crippen LogP contribution in [0.25, 0.3) is 11.0 Å². The first-order valence-electron chi connectivity index (χ1n) is 9.06. The Hall–Kier alpha value is -1.85. The van der Waals surface area contributed by atoms with Gasteiger partial charge in [-0.3, -0.25) is 9.58 Å². The third kappa shape index (κ3) is 3.31. The van der Waals surface area contributed by atoms with Gasteiger partial charge in [-0.2, -0.15) is 5.10 Å². The number of halogens is 1. The Morgan fingerprint density at radius 1 is 1.36 bits per heavy atom. The minimum Gasteiger partial charge on any atom is -0.341 e. The van der Waals surface area contributed by atoms with Crippen molar-refractivity contribution in [3.05, 3.63) is 46.5 Å². The summed E-state index contributed by atoms with van der Waals surface area (Å²) in [5, 5.41) is 5.38. The highest BCUT2D eigenvalue weighted by Crippen LogP contribution is 2.33. The van der Waals surface area contributed by atoms with Crippen LogP contribution < -0.4 is 0 Å². The molecule has 132 valence electrons. The monoisotopic (exact) mass is 357 g/mol. The summed E-state index contributed by atoms with van der Waals surface area (Å²) in [5.74, 6) is 1.05. The van der Waals surface area contributed by atoms with Crippen LogP contribution in [-0.2, 0) is 13.1 Å². The smallest absolute Gasteiger partial charge is 0.124 e. The zero-order chi connectivity index (χ0) is 17.4. The number of H-pyrrole nitrogens is 1. The number of imidazole rings is 1. The van der Waals surface area contributed by atoms with Gasteiger partial charge >= 0.3 is 0 Å². The lowest BCUT2D eigenvalue weighted by Gasteiger charge is -2.22. The molecule has 0 aliphatic carbocycles. The number of hydrogen-bond acceptors (Lipinski definition) is 3. The highest BCUT2D eigenvalue weighted by atomic mass is 35.5. The van der Waals surface area contributed by atoms with Crippen LogP contribution in [0.2, 0.25) is 5.02 Å². The molecule has 1 saturated heterocycles. The van der Waals surface area contributed by atoms with Crippen molar-refractivity contribution in [2.45, 2.75) is 52.2 Å². The van der Waals surface area contributed by atoms with Crippen molar-refractivity contribution in [2.75, 3.05) is 6.54 Å². The van der Waals surface area contributed by atoms with Crippen LogP contribution in [0.1, 0.15) is 49.3 Å². The standard InChI is InChI=1S/C19H24ClN5/c1-3-8-25-12-14(13(2)23-25)11-24-9-4-5-18(24)19-21-16-7-6-15(20)10-17(16)22-19/h6-7,10,12,18H,3-5,8-9,11H2,1-2H3,(H,21,22). The van der Waals surface area contributed by atoms with E-state index in [-0.39, 0.29) is 0 Å². The first-order chi connectivity index (χ1) is 12.1. The zero-order valence-electron chi connectivity index (χ0n) is 14.8. The average molecular weight is 358 g/mol. The van der Waals surface area contributed by atoms with E-state index in [1.165, 1.54) is 12.0 Å². The maximum Gasteiger partial charge on any atom is 0.124 e. The summed E-state index contributed by atoms with van der Waals surface area (Å²) < 4.78 is 2.07. The second-order valence-electron chi connectivity index (χ2n) is 6.91. The van der Waals surface area contributed by atoms with Crippen molar-refractivity contribution in [3.63, 3.8) is 0 Å². The van der Waals surface area contributed by atoms with Gasteiger partial charge in [-0.25, -0.2) is 4.98 Å². The van der Waals surface area contributed by atoms with Crippen LogP contribution in [0.5, 0.6) is 0 Å². The minimum absolute atomic E-state index is 0.333. The van der Waals surface area contributed by atoms with Crippen molar-refractivity contribution in [1.82, 2.24) is 24.6 Å². The van der Waals surface area contributed by atoms with Gasteiger partial charge in [0, 0.05) is 29.9 Å². The van der Waals surface area contributed by atoms with Crippen LogP contribution in [-0.4, -0.2) is 31.2 Å². The van der Waals surface area contributed by atoms with E-state index in [2.05, 4.69) is 39.7 Å². The van der Waals surface area contributed by atoms with Gasteiger partial charge in [0.2, 0.25) is 0 Å². The fourth-order valence-corrected chi connectivity index (χ4v) is 3.93. The molecule has 0 bridgehead atoms. The molecule has 25 heavy (non-hydrogen) atoms. The number of aromatic nitrogens is 4. The highest BCUT2D eigenvalue weighted by Gasteiger charge is 2.29. The number of rotatable bonds is 5. The summed E-state index contributed by atoms with van der Waals surface area (Å²) in [6, 6.07) is 6.16. The maximum atomic E-state index is 6.10. The molecule has 1 atom stereocenters. The Morgan fingerprint density at radius 3 is 3.08 bits per heavy atom. The predicted molar refractivity (Wildman–Crippen MR) is 101 cm³/mol. The first kappa shape index (κ1) is 16.6. The van der Waals surface area contributed by atoms with E-state index in [1.54, 1.807) is 0 Å². The number of benzene rings is 1. The third-order valence-corrected chi connectivity index (χ3v) is 5.25. The van der Waals surface area contributed by atoms with Crippen molar-refractivity contribution in [3.8, 4) is 0 Å². The molecule has 1 aliphatic rings. The van der Waals surface area contributed by atoms with Crippen molar-refractivity contribution in [1.29, 1.82) is 0 Å². The number of aromatic amines is 1. The van der Waals surface area contributed by atoms with Gasteiger partial charge in [0.25, 0.3) is 0 Å². The Bertz CT molecular complexity index is 881. The Morgan fingerprint density at radius 2 is 2.24 bits per heavy atom. The number of fused-ring (bicyclic) bond motifs is 1. The highest BCUT2D eigenvalue weighted by molar-refractivity contribution is 6.31. The summed E-state index contributed by atoms with van der Waals surface area (Å²) in [6.45, 7) is 7.30. The number of likely N-dealkylation sites (tertiary alicyclic amines) is 1. The number of hydrogen-bond donors (Lipinski definition) is 1. The van der Waals surface area contributed by atoms with E-state index in [0.29, 0.717) is 6.04 Å². The first-order valence-corrected chi connectivity index (χ1v) is 9.44. The van der Waals surface area contributed by atoms with Crippen LogP contribution in [0.15, 0.2) is 24.4 Å². The molecule has 3 aromatic rings. The quantitative estimate of drug-likeness (QED) is 0.733. The molecule has 1 aromatic carbocycles. The van der Waals surface area contributed by atoms with Gasteiger partial charge in [0.05, 0.1) is 22.8 Å². The van der Waals surface area contributed by atoms with E-state index >= 15 is 0 Å². The van der Waals surface area contributed by atoms with Crippen LogP contribution in [0, 0.1) is 6.92 Å². The van der Waals surface area contributed by atoms with Crippen molar-refractivity contribution >= 4 is 22.6 Å². The fourth-order valence-electron chi connectivity index (χ4n) is 3.76. The fraction of sp³-hybridized carbons (Fsp3) is 0.474. The molecule has 6 heteroatoms. The summed E-state index contributed by atoms with van der Waals surface area (Å²) in [7, 11) is 0. The second kappa shape index (κ2) is 6.81. The summed E-state index contributed by atoms with van der Waals surface area (Å²) in [5.41, 5.74) is 4.45. The third-order valence-electron chi connectivity index (χ3n) is 5.02. The van der Waals surface area contributed by atoms with Gasteiger partial charge in [0.1, 0.15) is 5.82 Å². The normalized spacial score (nSPS) is 18.4. The molecular formula is C19H24ClN5. The van der Waals surface area contributed by atoms with Gasteiger partial charge in [-0.1, -0.05) is 18.5 Å². The maximum absolute atomic E-state index is 6.10. The summed E-state index contributed by atoms with van der Waals surface area (Å²) >= 11 is 6.10. The van der Waals surface area contributed by atoms with Gasteiger partial charge < -0.3 is 4.98 Å². The van der Waals surface area contributed by atoms with E-state index in [9.17, 15) is 0 Å². The minimum atomic E-state index is 0.333. The molecule has 1 unspecified atom stereocenters. The molecular weight excluding hydrogens is 334 g/mol. The van der Waals surface area contributed by atoms with E-state index in [4.69, 9.17) is 16.6 Å². The largest absolute Gasteiger partial charge is 0.341 e. The second-order valence-corrected chi connectivity index (χ2v) is 7.35. The molecule has 0 radical (unpaired) electrons. The van der Waals surface area contributed by atoms with Crippen LogP contribution in [0.3, 0.4) is 0 Å². The van der Waals surface area contributed by atoms with Gasteiger partial charge in [0.15, 0.2) is 0 Å². The molecule has 0 saturated carbocycles. The number of aryl methyl sites for hydroxylation is 2. The van der Waals surface area contributed by atoms with Crippen LogP contribution in [0.4, 0.5) is 0 Å². The topological polar surface area (TPSA) is 49.7 Å². The van der Waals surface area contributed by atoms with E-state index < -0.39 is 0 Å². The molecule has 2 aromatic heterocycles. The lowest BCUT2D eigenvalue weighted by Crippen LogP contribution is -2.23. The van der Waals surface area contributed by atoms with Crippen molar-refractivity contribution in [2.24, 2.45) is 0 Å². The predicted octanol–water partition coefficient (Wildman–Crippen LogP) is 4.47.